The number of aryl methyl sites for hydroxylation is 1. The highest BCUT2D eigenvalue weighted by Gasteiger charge is 2.24. The van der Waals surface area contributed by atoms with Gasteiger partial charge in [0.25, 0.3) is 10.1 Å². The SMILES string of the molecule is CCCCCCCCCCCCCCCCC(Cc1ccccc1)C(C)(C)N.Cc1ccc(S(=O)(=O)O)cc1. The van der Waals surface area contributed by atoms with Crippen LogP contribution in [0.3, 0.4) is 0 Å². The number of hydrogen-bond acceptors (Lipinski definition) is 3. The van der Waals surface area contributed by atoms with Gasteiger partial charge in [-0.2, -0.15) is 8.42 Å². The van der Waals surface area contributed by atoms with Crippen LogP contribution in [-0.4, -0.2) is 18.5 Å². The molecule has 0 amide bonds. The summed E-state index contributed by atoms with van der Waals surface area (Å²) in [5.74, 6) is 0.576. The van der Waals surface area contributed by atoms with Crippen LogP contribution >= 0.6 is 0 Å². The predicted octanol–water partition coefficient (Wildman–Crippen LogP) is 9.70. The second-order valence-corrected chi connectivity index (χ2v) is 13.3. The van der Waals surface area contributed by atoms with E-state index < -0.39 is 10.1 Å². The van der Waals surface area contributed by atoms with Crippen LogP contribution in [-0.2, 0) is 16.5 Å². The van der Waals surface area contributed by atoms with Crippen molar-refractivity contribution in [2.45, 2.75) is 141 Å². The van der Waals surface area contributed by atoms with Gasteiger partial charge < -0.3 is 5.73 Å². The van der Waals surface area contributed by atoms with Gasteiger partial charge in [-0.25, -0.2) is 0 Å². The number of benzene rings is 2. The zero-order valence-electron chi connectivity index (χ0n) is 25.3. The summed E-state index contributed by atoms with van der Waals surface area (Å²) in [4.78, 5) is -0.0666. The Kier molecular flexibility index (Phi) is 18.3. The van der Waals surface area contributed by atoms with Crippen molar-refractivity contribution in [3.8, 4) is 0 Å². The fourth-order valence-electron chi connectivity index (χ4n) is 4.93. The first-order chi connectivity index (χ1) is 18.5. The Morgan fingerprint density at radius 1 is 0.718 bits per heavy atom. The van der Waals surface area contributed by atoms with Crippen LogP contribution in [0.25, 0.3) is 0 Å². The zero-order chi connectivity index (χ0) is 29.0. The van der Waals surface area contributed by atoms with Gasteiger partial charge in [0.15, 0.2) is 0 Å². The van der Waals surface area contributed by atoms with Gasteiger partial charge in [0, 0.05) is 5.54 Å². The number of rotatable bonds is 19. The fourth-order valence-corrected chi connectivity index (χ4v) is 5.41. The van der Waals surface area contributed by atoms with E-state index in [1.54, 1.807) is 12.1 Å². The summed E-state index contributed by atoms with van der Waals surface area (Å²) < 4.78 is 29.6. The van der Waals surface area contributed by atoms with Crippen LogP contribution in [0.15, 0.2) is 59.5 Å². The summed E-state index contributed by atoms with van der Waals surface area (Å²) >= 11 is 0. The molecule has 2 rings (SSSR count). The maximum atomic E-state index is 10.5. The summed E-state index contributed by atoms with van der Waals surface area (Å²) in [6.45, 7) is 8.53. The predicted molar refractivity (Wildman–Crippen MR) is 168 cm³/mol. The average Bonchev–Trinajstić information content (AvgIpc) is 2.88. The van der Waals surface area contributed by atoms with Gasteiger partial charge in [-0.05, 0) is 57.2 Å². The maximum absolute atomic E-state index is 10.5. The molecule has 0 saturated heterocycles. The Bertz CT molecular complexity index is 950. The minimum absolute atomic E-state index is 0.0666. The lowest BCUT2D eigenvalue weighted by atomic mass is 9.80. The third kappa shape index (κ3) is 18.3. The van der Waals surface area contributed by atoms with Crippen molar-refractivity contribution in [2.24, 2.45) is 11.7 Å². The van der Waals surface area contributed by atoms with E-state index in [1.807, 2.05) is 6.92 Å². The Hall–Kier alpha value is -1.69. The molecule has 0 aliphatic rings. The van der Waals surface area contributed by atoms with Crippen molar-refractivity contribution in [1.29, 1.82) is 0 Å². The molecule has 0 aliphatic carbocycles. The normalized spacial score (nSPS) is 12.6. The van der Waals surface area contributed by atoms with Crippen molar-refractivity contribution >= 4 is 10.1 Å². The van der Waals surface area contributed by atoms with Gasteiger partial charge >= 0.3 is 0 Å². The second kappa shape index (κ2) is 20.2. The first-order valence-corrected chi connectivity index (χ1v) is 16.8. The van der Waals surface area contributed by atoms with Crippen LogP contribution in [0.4, 0.5) is 0 Å². The van der Waals surface area contributed by atoms with E-state index in [-0.39, 0.29) is 10.4 Å². The molecule has 0 spiro atoms. The van der Waals surface area contributed by atoms with Gasteiger partial charge in [-0.3, -0.25) is 4.55 Å². The van der Waals surface area contributed by atoms with E-state index >= 15 is 0 Å². The molecule has 0 aromatic heterocycles. The molecule has 39 heavy (non-hydrogen) atoms. The lowest BCUT2D eigenvalue weighted by molar-refractivity contribution is 0.290. The van der Waals surface area contributed by atoms with Gasteiger partial charge in [-0.15, -0.1) is 0 Å². The summed E-state index contributed by atoms with van der Waals surface area (Å²) in [7, 11) is -4.02. The van der Waals surface area contributed by atoms with Crippen LogP contribution in [0, 0.1) is 12.8 Å². The number of hydrogen-bond donors (Lipinski definition) is 2. The molecule has 0 bridgehead atoms. The minimum Gasteiger partial charge on any atom is -0.325 e. The van der Waals surface area contributed by atoms with Crippen LogP contribution in [0.2, 0.25) is 0 Å². The van der Waals surface area contributed by atoms with Crippen molar-refractivity contribution in [3.05, 3.63) is 65.7 Å². The molecule has 2 aromatic carbocycles. The zero-order valence-corrected chi connectivity index (χ0v) is 26.2. The van der Waals surface area contributed by atoms with Gasteiger partial charge in [0.1, 0.15) is 0 Å². The van der Waals surface area contributed by atoms with E-state index in [0.717, 1.165) is 12.0 Å². The number of nitrogens with two attached hydrogens (primary N) is 1. The quantitative estimate of drug-likeness (QED) is 0.133. The fraction of sp³-hybridized carbons (Fsp3) is 0.647. The van der Waals surface area contributed by atoms with Crippen molar-refractivity contribution < 1.29 is 13.0 Å². The second-order valence-electron chi connectivity index (χ2n) is 11.9. The molecule has 5 heteroatoms. The number of unbranched alkanes of at least 4 members (excludes halogenated alkanes) is 13. The molecule has 0 fully saturated rings. The highest BCUT2D eigenvalue weighted by Crippen LogP contribution is 2.25. The molecular weight excluding hydrogens is 502 g/mol. The molecule has 0 heterocycles. The van der Waals surface area contributed by atoms with E-state index in [9.17, 15) is 8.42 Å². The third-order valence-electron chi connectivity index (χ3n) is 7.60. The molecule has 4 nitrogen and oxygen atoms in total. The molecule has 0 saturated carbocycles. The molecule has 1 unspecified atom stereocenters. The highest BCUT2D eigenvalue weighted by molar-refractivity contribution is 7.85. The monoisotopic (exact) mass is 559 g/mol. The summed E-state index contributed by atoms with van der Waals surface area (Å²) in [5.41, 5.74) is 8.77. The first kappa shape index (κ1) is 35.3. The Morgan fingerprint density at radius 3 is 1.56 bits per heavy atom. The Morgan fingerprint density at radius 2 is 1.15 bits per heavy atom. The standard InChI is InChI=1S/C27H49N.C7H8O3S/c1-4-5-6-7-8-9-10-11-12-13-14-15-16-20-23-26(27(2,3)28)24-25-21-18-17-19-22-25;1-6-2-4-7(5-3-6)11(8,9)10/h17-19,21-22,26H,4-16,20,23-24,28H2,1-3H3;2-5H,1H3,(H,8,9,10). The van der Waals surface area contributed by atoms with E-state index in [4.69, 9.17) is 10.3 Å². The largest absolute Gasteiger partial charge is 0.325 e. The topological polar surface area (TPSA) is 80.4 Å². The maximum Gasteiger partial charge on any atom is 0.294 e. The molecule has 1 atom stereocenters. The minimum atomic E-state index is -4.02. The molecule has 0 radical (unpaired) electrons. The van der Waals surface area contributed by atoms with E-state index in [2.05, 4.69) is 51.1 Å². The lowest BCUT2D eigenvalue weighted by Crippen LogP contribution is -2.42. The first-order valence-electron chi connectivity index (χ1n) is 15.4. The smallest absolute Gasteiger partial charge is 0.294 e. The summed E-state index contributed by atoms with van der Waals surface area (Å²) in [5, 5.41) is 0. The Labute approximate surface area is 240 Å². The van der Waals surface area contributed by atoms with Crippen LogP contribution < -0.4 is 5.73 Å². The molecular formula is C34H57NO3S. The molecule has 3 N–H and O–H groups in total. The lowest BCUT2D eigenvalue weighted by Gasteiger charge is -2.31. The average molecular weight is 560 g/mol. The van der Waals surface area contributed by atoms with Gasteiger partial charge in [0.05, 0.1) is 4.90 Å². The molecule has 0 aliphatic heterocycles. The Balaban J connectivity index is 0.000000573. The van der Waals surface area contributed by atoms with Crippen molar-refractivity contribution in [3.63, 3.8) is 0 Å². The van der Waals surface area contributed by atoms with Crippen molar-refractivity contribution in [1.82, 2.24) is 0 Å². The van der Waals surface area contributed by atoms with Gasteiger partial charge in [0.2, 0.25) is 0 Å². The third-order valence-corrected chi connectivity index (χ3v) is 8.47. The van der Waals surface area contributed by atoms with E-state index in [0.29, 0.717) is 5.92 Å². The molecule has 2 aromatic rings. The van der Waals surface area contributed by atoms with E-state index in [1.165, 1.54) is 114 Å². The summed E-state index contributed by atoms with van der Waals surface area (Å²) in [6.07, 6.45) is 22.3. The highest BCUT2D eigenvalue weighted by atomic mass is 32.2. The van der Waals surface area contributed by atoms with Crippen molar-refractivity contribution in [2.75, 3.05) is 0 Å². The van der Waals surface area contributed by atoms with Crippen LogP contribution in [0.1, 0.15) is 128 Å². The van der Waals surface area contributed by atoms with Gasteiger partial charge in [-0.1, -0.05) is 145 Å². The summed E-state index contributed by atoms with van der Waals surface area (Å²) in [6, 6.07) is 16.8. The van der Waals surface area contributed by atoms with Crippen LogP contribution in [0.5, 0.6) is 0 Å². The molecule has 222 valence electrons.